The molecule has 0 atom stereocenters. The van der Waals surface area contributed by atoms with Crippen LogP contribution in [0.2, 0.25) is 0 Å². The third-order valence-corrected chi connectivity index (χ3v) is 6.95. The molecule has 0 bridgehead atoms. The van der Waals surface area contributed by atoms with Crippen LogP contribution in [0.25, 0.3) is 0 Å². The van der Waals surface area contributed by atoms with Crippen LogP contribution in [0.15, 0.2) is 47.4 Å². The first-order chi connectivity index (χ1) is 13.4. The molecule has 0 aliphatic heterocycles. The lowest BCUT2D eigenvalue weighted by molar-refractivity contribution is 0.390. The molecule has 0 unspecified atom stereocenters. The molecular formula is C21H27NO5S. The molecule has 1 aliphatic carbocycles. The Morgan fingerprint density at radius 3 is 2.07 bits per heavy atom. The molecule has 28 heavy (non-hydrogen) atoms. The van der Waals surface area contributed by atoms with Crippen LogP contribution in [0.1, 0.15) is 31.2 Å². The highest BCUT2D eigenvalue weighted by molar-refractivity contribution is 7.89. The van der Waals surface area contributed by atoms with Crippen molar-refractivity contribution in [1.82, 2.24) is 4.72 Å². The lowest BCUT2D eigenvalue weighted by atomic mass is 9.79. The van der Waals surface area contributed by atoms with Crippen molar-refractivity contribution in [1.29, 1.82) is 0 Å². The molecule has 1 fully saturated rings. The SMILES string of the molecule is COc1ccc(C2(CNS(=O)(=O)c3cc(OC)ccc3OC)CCCC2)cc1. The average molecular weight is 406 g/mol. The van der Waals surface area contributed by atoms with Gasteiger partial charge in [0, 0.05) is 18.0 Å². The summed E-state index contributed by atoms with van der Waals surface area (Å²) < 4.78 is 44.6. The number of sulfonamides is 1. The molecule has 6 nitrogen and oxygen atoms in total. The molecule has 0 spiro atoms. The van der Waals surface area contributed by atoms with E-state index in [4.69, 9.17) is 14.2 Å². The van der Waals surface area contributed by atoms with E-state index in [-0.39, 0.29) is 10.3 Å². The second-order valence-corrected chi connectivity index (χ2v) is 8.79. The van der Waals surface area contributed by atoms with Gasteiger partial charge in [0.05, 0.1) is 21.3 Å². The van der Waals surface area contributed by atoms with Crippen molar-refractivity contribution < 1.29 is 22.6 Å². The normalized spacial score (nSPS) is 16.0. The van der Waals surface area contributed by atoms with Gasteiger partial charge in [0.15, 0.2) is 0 Å². The first-order valence-corrected chi connectivity index (χ1v) is 10.8. The minimum atomic E-state index is -3.76. The van der Waals surface area contributed by atoms with Crippen molar-refractivity contribution in [2.45, 2.75) is 36.0 Å². The van der Waals surface area contributed by atoms with Crippen molar-refractivity contribution in [2.24, 2.45) is 0 Å². The molecule has 7 heteroatoms. The molecule has 152 valence electrons. The molecule has 0 heterocycles. The Labute approximate surface area is 166 Å². The summed E-state index contributed by atoms with van der Waals surface area (Å²) in [5.74, 6) is 1.55. The van der Waals surface area contributed by atoms with Gasteiger partial charge in [0.25, 0.3) is 0 Å². The second kappa shape index (κ2) is 8.41. The highest BCUT2D eigenvalue weighted by Crippen LogP contribution is 2.41. The zero-order valence-electron chi connectivity index (χ0n) is 16.5. The fourth-order valence-electron chi connectivity index (χ4n) is 3.87. The van der Waals surface area contributed by atoms with Gasteiger partial charge in [-0.15, -0.1) is 0 Å². The van der Waals surface area contributed by atoms with E-state index in [2.05, 4.69) is 4.72 Å². The minimum Gasteiger partial charge on any atom is -0.497 e. The third-order valence-electron chi connectivity index (χ3n) is 5.52. The van der Waals surface area contributed by atoms with Gasteiger partial charge in [-0.25, -0.2) is 13.1 Å². The number of hydrogen-bond acceptors (Lipinski definition) is 5. The van der Waals surface area contributed by atoms with Gasteiger partial charge in [-0.2, -0.15) is 0 Å². The standard InChI is InChI=1S/C21H27NO5S/c1-25-17-8-6-16(7-9-17)21(12-4-5-13-21)15-22-28(23,24)20-14-18(26-2)10-11-19(20)27-3/h6-11,14,22H,4-5,12-13,15H2,1-3H3. The second-order valence-electron chi connectivity index (χ2n) is 7.06. The summed E-state index contributed by atoms with van der Waals surface area (Å²) in [4.78, 5) is 0.0808. The van der Waals surface area contributed by atoms with Crippen molar-refractivity contribution >= 4 is 10.0 Å². The number of ether oxygens (including phenoxy) is 3. The van der Waals surface area contributed by atoms with Gasteiger partial charge in [-0.05, 0) is 42.7 Å². The molecule has 1 saturated carbocycles. The number of benzene rings is 2. The Bertz CT molecular complexity index is 903. The van der Waals surface area contributed by atoms with Gasteiger partial charge in [-0.3, -0.25) is 0 Å². The van der Waals surface area contributed by atoms with Crippen molar-refractivity contribution in [3.05, 3.63) is 48.0 Å². The van der Waals surface area contributed by atoms with Gasteiger partial charge in [0.2, 0.25) is 10.0 Å². The smallest absolute Gasteiger partial charge is 0.244 e. The van der Waals surface area contributed by atoms with Gasteiger partial charge in [-0.1, -0.05) is 25.0 Å². The van der Waals surface area contributed by atoms with E-state index < -0.39 is 10.0 Å². The van der Waals surface area contributed by atoms with Crippen molar-refractivity contribution in [2.75, 3.05) is 27.9 Å². The fraction of sp³-hybridized carbons (Fsp3) is 0.429. The summed E-state index contributed by atoms with van der Waals surface area (Å²) in [6.45, 7) is 0.335. The predicted octanol–water partition coefficient (Wildman–Crippen LogP) is 3.50. The van der Waals surface area contributed by atoms with Gasteiger partial charge < -0.3 is 14.2 Å². The first-order valence-electron chi connectivity index (χ1n) is 9.30. The molecule has 0 amide bonds. The fourth-order valence-corrected chi connectivity index (χ4v) is 5.18. The molecule has 1 aliphatic rings. The number of methoxy groups -OCH3 is 3. The van der Waals surface area contributed by atoms with Crippen LogP contribution in [0.3, 0.4) is 0 Å². The molecule has 3 rings (SSSR count). The van der Waals surface area contributed by atoms with Crippen LogP contribution >= 0.6 is 0 Å². The highest BCUT2D eigenvalue weighted by atomic mass is 32.2. The van der Waals surface area contributed by atoms with Crippen LogP contribution in [0.5, 0.6) is 17.2 Å². The Morgan fingerprint density at radius 1 is 0.893 bits per heavy atom. The van der Waals surface area contributed by atoms with E-state index in [0.29, 0.717) is 18.0 Å². The number of rotatable bonds is 8. The topological polar surface area (TPSA) is 73.9 Å². The quantitative estimate of drug-likeness (QED) is 0.728. The van der Waals surface area contributed by atoms with Crippen LogP contribution < -0.4 is 18.9 Å². The lowest BCUT2D eigenvalue weighted by Gasteiger charge is -2.30. The van der Waals surface area contributed by atoms with Crippen LogP contribution in [0.4, 0.5) is 0 Å². The van der Waals surface area contributed by atoms with Crippen molar-refractivity contribution in [3.63, 3.8) is 0 Å². The Balaban J connectivity index is 1.87. The lowest BCUT2D eigenvalue weighted by Crippen LogP contribution is -2.39. The first kappa shape index (κ1) is 20.5. The summed E-state index contributed by atoms with van der Waals surface area (Å²) >= 11 is 0. The van der Waals surface area contributed by atoms with Crippen LogP contribution in [-0.2, 0) is 15.4 Å². The monoisotopic (exact) mass is 405 g/mol. The third kappa shape index (κ3) is 4.10. The van der Waals surface area contributed by atoms with E-state index in [1.54, 1.807) is 19.2 Å². The summed E-state index contributed by atoms with van der Waals surface area (Å²) in [7, 11) is 0.831. The zero-order chi connectivity index (χ0) is 20.2. The minimum absolute atomic E-state index is 0.0808. The highest BCUT2D eigenvalue weighted by Gasteiger charge is 2.37. The Hall–Kier alpha value is -2.25. The van der Waals surface area contributed by atoms with Gasteiger partial charge >= 0.3 is 0 Å². The molecule has 0 saturated heterocycles. The molecule has 1 N–H and O–H groups in total. The maximum atomic E-state index is 13.0. The average Bonchev–Trinajstić information content (AvgIpc) is 3.22. The zero-order valence-corrected chi connectivity index (χ0v) is 17.3. The van der Waals surface area contributed by atoms with E-state index >= 15 is 0 Å². The number of nitrogens with one attached hydrogen (secondary N) is 1. The van der Waals surface area contributed by atoms with E-state index in [1.165, 1.54) is 20.3 Å². The van der Waals surface area contributed by atoms with Crippen molar-refractivity contribution in [3.8, 4) is 17.2 Å². The van der Waals surface area contributed by atoms with Crippen LogP contribution in [0, 0.1) is 0 Å². The maximum absolute atomic E-state index is 13.0. The number of hydrogen-bond donors (Lipinski definition) is 1. The summed E-state index contributed by atoms with van der Waals surface area (Å²) in [5.41, 5.74) is 0.914. The predicted molar refractivity (Wildman–Crippen MR) is 108 cm³/mol. The van der Waals surface area contributed by atoms with E-state index in [0.717, 1.165) is 37.0 Å². The molecule has 0 radical (unpaired) electrons. The summed E-state index contributed by atoms with van der Waals surface area (Å²) in [5, 5.41) is 0. The maximum Gasteiger partial charge on any atom is 0.244 e. The molecule has 0 aromatic heterocycles. The Kier molecular flexibility index (Phi) is 6.15. The molecule has 2 aromatic rings. The molecular weight excluding hydrogens is 378 g/mol. The van der Waals surface area contributed by atoms with E-state index in [9.17, 15) is 8.42 Å². The largest absolute Gasteiger partial charge is 0.497 e. The van der Waals surface area contributed by atoms with Gasteiger partial charge in [0.1, 0.15) is 22.1 Å². The van der Waals surface area contributed by atoms with E-state index in [1.807, 2.05) is 24.3 Å². The molecule has 2 aromatic carbocycles. The van der Waals surface area contributed by atoms with Crippen LogP contribution in [-0.4, -0.2) is 36.3 Å². The Morgan fingerprint density at radius 2 is 1.50 bits per heavy atom. The summed E-state index contributed by atoms with van der Waals surface area (Å²) in [6.07, 6.45) is 4.04. The summed E-state index contributed by atoms with van der Waals surface area (Å²) in [6, 6.07) is 12.7.